The van der Waals surface area contributed by atoms with Crippen molar-refractivity contribution in [3.63, 3.8) is 0 Å². The molecule has 0 radical (unpaired) electrons. The molecule has 4 saturated heterocycles. The largest absolute Gasteiger partial charge is 0.311 e. The molecule has 4 aliphatic heterocycles. The monoisotopic (exact) mass is 468 g/mol. The second-order valence-corrected chi connectivity index (χ2v) is 13.2. The van der Waals surface area contributed by atoms with Crippen molar-refractivity contribution in [2.45, 2.75) is 95.9 Å². The molecule has 186 valence electrons. The van der Waals surface area contributed by atoms with Gasteiger partial charge in [0.1, 0.15) is 0 Å². The molecule has 0 aliphatic carbocycles. The SMILES string of the molecule is CCC[N+]1(C)CCC2CCN(C(C)(C)CC3NN(C)C4CN(C(C)C)CCC34)CC2C1Cl. The van der Waals surface area contributed by atoms with Crippen LogP contribution in [-0.4, -0.2) is 102 Å². The molecule has 1 N–H and O–H groups in total. The molecule has 7 unspecified atom stereocenters. The lowest BCUT2D eigenvalue weighted by Crippen LogP contribution is -2.64. The first-order valence-corrected chi connectivity index (χ1v) is 14.0. The maximum Gasteiger partial charge on any atom is 0.169 e. The Labute approximate surface area is 203 Å². The summed E-state index contributed by atoms with van der Waals surface area (Å²) in [6.07, 6.45) is 6.47. The van der Waals surface area contributed by atoms with Crippen LogP contribution in [0.15, 0.2) is 0 Å². The molecule has 0 aromatic rings. The van der Waals surface area contributed by atoms with Gasteiger partial charge in [0.25, 0.3) is 0 Å². The number of fused-ring (bicyclic) bond motifs is 2. The highest BCUT2D eigenvalue weighted by atomic mass is 35.5. The average Bonchev–Trinajstić information content (AvgIpc) is 3.05. The number of alkyl halides is 1. The lowest BCUT2D eigenvalue weighted by atomic mass is 9.76. The van der Waals surface area contributed by atoms with Gasteiger partial charge in [0.2, 0.25) is 0 Å². The molecule has 5 nitrogen and oxygen atoms in total. The number of nitrogens with zero attached hydrogens (tertiary/aromatic N) is 4. The number of rotatable bonds is 6. The van der Waals surface area contributed by atoms with Crippen molar-refractivity contribution in [3.8, 4) is 0 Å². The van der Waals surface area contributed by atoms with E-state index in [1.807, 2.05) is 0 Å². The maximum atomic E-state index is 7.23. The van der Waals surface area contributed by atoms with Crippen molar-refractivity contribution in [1.82, 2.24) is 20.2 Å². The standard InChI is InChI=1S/C26H51ClN5/c1-8-14-32(7)15-11-20-9-13-31(17-22(20)25(32)27)26(4,5)16-23-21-10-12-30(19(2)3)18-24(21)29(6)28-23/h19-25,28H,8-18H2,1-7H3/q+1. The van der Waals surface area contributed by atoms with Crippen LogP contribution in [0.25, 0.3) is 0 Å². The van der Waals surface area contributed by atoms with E-state index in [1.165, 1.54) is 71.4 Å². The van der Waals surface area contributed by atoms with Crippen LogP contribution in [0.2, 0.25) is 0 Å². The van der Waals surface area contributed by atoms with Gasteiger partial charge in [0.15, 0.2) is 5.50 Å². The molecule has 0 spiro atoms. The summed E-state index contributed by atoms with van der Waals surface area (Å²) in [5, 5.41) is 2.44. The van der Waals surface area contributed by atoms with Gasteiger partial charge in [-0.25, -0.2) is 5.01 Å². The first-order valence-electron chi connectivity index (χ1n) is 13.5. The third-order valence-electron chi connectivity index (χ3n) is 9.86. The van der Waals surface area contributed by atoms with Gasteiger partial charge >= 0.3 is 0 Å². The number of likely N-dealkylation sites (tertiary alicyclic amines) is 3. The van der Waals surface area contributed by atoms with Crippen molar-refractivity contribution >= 4 is 11.6 Å². The normalized spacial score (nSPS) is 42.3. The van der Waals surface area contributed by atoms with Gasteiger partial charge in [-0.05, 0) is 78.3 Å². The van der Waals surface area contributed by atoms with Crippen LogP contribution in [0.5, 0.6) is 0 Å². The molecule has 6 heteroatoms. The molecule has 4 heterocycles. The summed E-state index contributed by atoms with van der Waals surface area (Å²) in [5.41, 5.74) is 4.37. The van der Waals surface area contributed by atoms with Crippen LogP contribution in [0.4, 0.5) is 0 Å². The molecular formula is C26H51ClN5+. The highest BCUT2D eigenvalue weighted by Gasteiger charge is 2.51. The summed E-state index contributed by atoms with van der Waals surface area (Å²) in [6.45, 7) is 19.3. The van der Waals surface area contributed by atoms with E-state index in [2.05, 4.69) is 68.9 Å². The van der Waals surface area contributed by atoms with Crippen molar-refractivity contribution in [2.75, 3.05) is 53.4 Å². The van der Waals surface area contributed by atoms with Crippen molar-refractivity contribution < 1.29 is 4.48 Å². The minimum absolute atomic E-state index is 0.204. The summed E-state index contributed by atoms with van der Waals surface area (Å²) in [6, 6.07) is 1.89. The number of nitrogens with one attached hydrogen (secondary N) is 1. The number of likely N-dealkylation sites (N-methyl/N-ethyl adjacent to an activating group) is 1. The number of hydrogen-bond acceptors (Lipinski definition) is 4. The fourth-order valence-electron chi connectivity index (χ4n) is 7.68. The number of piperidine rings is 3. The zero-order chi connectivity index (χ0) is 23.3. The lowest BCUT2D eigenvalue weighted by Gasteiger charge is -2.54. The Morgan fingerprint density at radius 2 is 1.84 bits per heavy atom. The third kappa shape index (κ3) is 4.77. The molecule has 32 heavy (non-hydrogen) atoms. The molecule has 4 aliphatic rings. The highest BCUT2D eigenvalue weighted by molar-refractivity contribution is 6.19. The summed E-state index contributed by atoms with van der Waals surface area (Å²) in [4.78, 5) is 5.47. The highest BCUT2D eigenvalue weighted by Crippen LogP contribution is 2.43. The molecule has 0 bridgehead atoms. The first kappa shape index (κ1) is 25.2. The summed E-state index contributed by atoms with van der Waals surface area (Å²) in [7, 11) is 4.68. The number of hydrazine groups is 1. The van der Waals surface area contributed by atoms with Crippen LogP contribution in [0.3, 0.4) is 0 Å². The van der Waals surface area contributed by atoms with Gasteiger partial charge in [-0.2, -0.15) is 0 Å². The van der Waals surface area contributed by atoms with Crippen LogP contribution in [0.1, 0.15) is 66.7 Å². The Kier molecular flexibility index (Phi) is 7.57. The smallest absolute Gasteiger partial charge is 0.169 e. The van der Waals surface area contributed by atoms with Crippen molar-refractivity contribution in [2.24, 2.45) is 17.8 Å². The Morgan fingerprint density at radius 1 is 1.09 bits per heavy atom. The van der Waals surface area contributed by atoms with Gasteiger partial charge in [0, 0.05) is 56.1 Å². The van der Waals surface area contributed by atoms with Gasteiger partial charge in [-0.1, -0.05) is 18.5 Å². The topological polar surface area (TPSA) is 21.8 Å². The molecule has 4 rings (SSSR count). The van der Waals surface area contributed by atoms with Gasteiger partial charge in [0.05, 0.1) is 20.1 Å². The Balaban J connectivity index is 1.41. The fraction of sp³-hybridized carbons (Fsp3) is 1.00. The summed E-state index contributed by atoms with van der Waals surface area (Å²) in [5.74, 6) is 2.23. The number of hydrogen-bond donors (Lipinski definition) is 1. The van der Waals surface area contributed by atoms with Crippen LogP contribution >= 0.6 is 11.6 Å². The molecule has 0 aromatic heterocycles. The van der Waals surface area contributed by atoms with E-state index in [4.69, 9.17) is 11.6 Å². The quantitative estimate of drug-likeness (QED) is 0.363. The Morgan fingerprint density at radius 3 is 2.53 bits per heavy atom. The predicted molar refractivity (Wildman–Crippen MR) is 136 cm³/mol. The van der Waals surface area contributed by atoms with E-state index >= 15 is 0 Å². The van der Waals surface area contributed by atoms with Crippen molar-refractivity contribution in [1.29, 1.82) is 0 Å². The van der Waals surface area contributed by atoms with Gasteiger partial charge in [-0.3, -0.25) is 15.2 Å². The van der Waals surface area contributed by atoms with E-state index in [-0.39, 0.29) is 11.0 Å². The van der Waals surface area contributed by atoms with E-state index in [0.717, 1.165) is 16.3 Å². The lowest BCUT2D eigenvalue weighted by molar-refractivity contribution is -0.931. The third-order valence-corrected chi connectivity index (χ3v) is 10.7. The minimum atomic E-state index is 0.204. The second kappa shape index (κ2) is 9.62. The van der Waals surface area contributed by atoms with Gasteiger partial charge < -0.3 is 4.48 Å². The molecule has 7 atom stereocenters. The van der Waals surface area contributed by atoms with Crippen molar-refractivity contribution in [3.05, 3.63) is 0 Å². The van der Waals surface area contributed by atoms with Gasteiger partial charge in [-0.15, -0.1) is 0 Å². The minimum Gasteiger partial charge on any atom is -0.311 e. The molecule has 0 saturated carbocycles. The van der Waals surface area contributed by atoms with Crippen LogP contribution in [-0.2, 0) is 0 Å². The molecule has 4 fully saturated rings. The van der Waals surface area contributed by atoms with Crippen LogP contribution < -0.4 is 5.43 Å². The number of halogens is 1. The van der Waals surface area contributed by atoms with E-state index in [0.29, 0.717) is 24.0 Å². The van der Waals surface area contributed by atoms with Crippen LogP contribution in [0, 0.1) is 17.8 Å². The van der Waals surface area contributed by atoms with E-state index in [9.17, 15) is 0 Å². The number of quaternary nitrogens is 1. The molecular weight excluding hydrogens is 418 g/mol. The zero-order valence-corrected chi connectivity index (χ0v) is 22.7. The first-order chi connectivity index (χ1) is 15.1. The molecule has 0 amide bonds. The zero-order valence-electron chi connectivity index (χ0n) is 22.0. The maximum absolute atomic E-state index is 7.23. The fourth-order valence-corrected chi connectivity index (χ4v) is 8.16. The Hall–Kier alpha value is 0.0900. The summed E-state index contributed by atoms with van der Waals surface area (Å²) >= 11 is 7.23. The van der Waals surface area contributed by atoms with E-state index < -0.39 is 0 Å². The summed E-state index contributed by atoms with van der Waals surface area (Å²) < 4.78 is 1.07. The second-order valence-electron chi connectivity index (χ2n) is 12.7. The molecule has 0 aromatic carbocycles. The average molecular weight is 469 g/mol. The van der Waals surface area contributed by atoms with E-state index in [1.54, 1.807) is 0 Å². The Bertz CT molecular complexity index is 642. The predicted octanol–water partition coefficient (Wildman–Crippen LogP) is 3.84.